The summed E-state index contributed by atoms with van der Waals surface area (Å²) in [5.74, 6) is -0.489. The highest BCUT2D eigenvalue weighted by Crippen LogP contribution is 2.19. The normalized spacial score (nSPS) is 10.4. The Morgan fingerprint density at radius 2 is 2.18 bits per heavy atom. The van der Waals surface area contributed by atoms with Crippen molar-refractivity contribution >= 4 is 16.9 Å². The summed E-state index contributed by atoms with van der Waals surface area (Å²) in [6, 6.07) is 5.98. The van der Waals surface area contributed by atoms with Crippen LogP contribution < -0.4 is 5.63 Å². The first-order valence-corrected chi connectivity index (χ1v) is 4.92. The predicted molar refractivity (Wildman–Crippen MR) is 59.9 cm³/mol. The molecule has 0 spiro atoms. The van der Waals surface area contributed by atoms with E-state index in [9.17, 15) is 14.7 Å². The lowest BCUT2D eigenvalue weighted by atomic mass is 10.1. The van der Waals surface area contributed by atoms with Crippen molar-refractivity contribution in [3.05, 3.63) is 40.2 Å². The summed E-state index contributed by atoms with van der Waals surface area (Å²) in [6.07, 6.45) is -0.129. The number of hydrogen-bond donors (Lipinski definition) is 1. The topological polar surface area (TPSA) is 76.7 Å². The first kappa shape index (κ1) is 11.2. The lowest BCUT2D eigenvalue weighted by molar-refractivity contribution is -0.139. The van der Waals surface area contributed by atoms with E-state index in [4.69, 9.17) is 4.42 Å². The Hall–Kier alpha value is -2.30. The number of benzene rings is 1. The van der Waals surface area contributed by atoms with Crippen molar-refractivity contribution in [2.45, 2.75) is 6.42 Å². The van der Waals surface area contributed by atoms with Crippen molar-refractivity contribution in [3.63, 3.8) is 0 Å². The van der Waals surface area contributed by atoms with E-state index >= 15 is 0 Å². The second-order valence-corrected chi connectivity index (χ2v) is 3.53. The number of hydrogen-bond acceptors (Lipinski definition) is 5. The number of phenols is 1. The first-order valence-electron chi connectivity index (χ1n) is 4.92. The molecule has 0 amide bonds. The number of phenolic OH excluding ortho intramolecular Hbond substituents is 1. The van der Waals surface area contributed by atoms with Crippen LogP contribution in [0.25, 0.3) is 11.0 Å². The molecule has 0 saturated heterocycles. The number of methoxy groups -OCH3 is 1. The third-order valence-corrected chi connectivity index (χ3v) is 2.35. The minimum absolute atomic E-state index is 0.0152. The molecule has 2 rings (SSSR count). The van der Waals surface area contributed by atoms with Gasteiger partial charge in [0.1, 0.15) is 11.3 Å². The van der Waals surface area contributed by atoms with E-state index in [1.165, 1.54) is 19.2 Å². The minimum atomic E-state index is -0.603. The maximum absolute atomic E-state index is 11.5. The molecule has 0 bridgehead atoms. The summed E-state index contributed by atoms with van der Waals surface area (Å²) in [6.45, 7) is 0. The van der Waals surface area contributed by atoms with Crippen LogP contribution in [0.3, 0.4) is 0 Å². The first-order chi connectivity index (χ1) is 8.10. The number of aromatic hydroxyl groups is 1. The molecule has 0 aliphatic heterocycles. The predicted octanol–water partition coefficient (Wildman–Crippen LogP) is 1.21. The van der Waals surface area contributed by atoms with E-state index in [-0.39, 0.29) is 23.3 Å². The summed E-state index contributed by atoms with van der Waals surface area (Å²) < 4.78 is 9.48. The van der Waals surface area contributed by atoms with Gasteiger partial charge in [0.15, 0.2) is 0 Å². The molecule has 0 aliphatic rings. The zero-order valence-electron chi connectivity index (χ0n) is 9.10. The van der Waals surface area contributed by atoms with Crippen molar-refractivity contribution in [2.75, 3.05) is 7.11 Å². The van der Waals surface area contributed by atoms with Crippen LogP contribution in [0.4, 0.5) is 0 Å². The molecule has 0 unspecified atom stereocenters. The molecule has 1 aromatic carbocycles. The Bertz CT molecular complexity index is 626. The van der Waals surface area contributed by atoms with E-state index in [0.29, 0.717) is 5.39 Å². The second-order valence-electron chi connectivity index (χ2n) is 3.53. The smallest absolute Gasteiger partial charge is 0.340 e. The summed E-state index contributed by atoms with van der Waals surface area (Å²) in [7, 11) is 1.25. The van der Waals surface area contributed by atoms with Gasteiger partial charge in [-0.25, -0.2) is 4.79 Å². The Balaban J connectivity index is 2.52. The highest BCUT2D eigenvalue weighted by molar-refractivity contribution is 5.80. The Morgan fingerprint density at radius 1 is 1.41 bits per heavy atom. The van der Waals surface area contributed by atoms with Gasteiger partial charge in [-0.05, 0) is 18.2 Å². The Labute approximate surface area is 96.2 Å². The van der Waals surface area contributed by atoms with Crippen molar-refractivity contribution in [1.29, 1.82) is 0 Å². The highest BCUT2D eigenvalue weighted by Gasteiger charge is 2.10. The fraction of sp³-hybridized carbons (Fsp3) is 0.167. The fourth-order valence-electron chi connectivity index (χ4n) is 1.49. The van der Waals surface area contributed by atoms with Gasteiger partial charge < -0.3 is 14.3 Å². The zero-order valence-corrected chi connectivity index (χ0v) is 9.10. The van der Waals surface area contributed by atoms with Gasteiger partial charge in [-0.2, -0.15) is 0 Å². The van der Waals surface area contributed by atoms with Gasteiger partial charge in [0, 0.05) is 17.0 Å². The quantitative estimate of drug-likeness (QED) is 0.624. The SMILES string of the molecule is COC(=O)Cc1cc2ccc(O)cc2oc1=O. The summed E-state index contributed by atoms with van der Waals surface area (Å²) >= 11 is 0. The van der Waals surface area contributed by atoms with Crippen molar-refractivity contribution < 1.29 is 19.1 Å². The fourth-order valence-corrected chi connectivity index (χ4v) is 1.49. The van der Waals surface area contributed by atoms with Crippen molar-refractivity contribution in [2.24, 2.45) is 0 Å². The summed E-state index contributed by atoms with van der Waals surface area (Å²) in [5, 5.41) is 9.88. The van der Waals surface area contributed by atoms with Crippen LogP contribution in [-0.2, 0) is 16.0 Å². The molecule has 0 aliphatic carbocycles. The van der Waals surface area contributed by atoms with Gasteiger partial charge in [0.2, 0.25) is 0 Å². The van der Waals surface area contributed by atoms with Gasteiger partial charge in [-0.15, -0.1) is 0 Å². The lowest BCUT2D eigenvalue weighted by Crippen LogP contribution is -2.13. The average molecular weight is 234 g/mol. The zero-order chi connectivity index (χ0) is 12.4. The van der Waals surface area contributed by atoms with Crippen LogP contribution >= 0.6 is 0 Å². The number of rotatable bonds is 2. The molecular weight excluding hydrogens is 224 g/mol. The molecule has 0 radical (unpaired) electrons. The maximum atomic E-state index is 11.5. The minimum Gasteiger partial charge on any atom is -0.508 e. The van der Waals surface area contributed by atoms with E-state index in [2.05, 4.69) is 4.74 Å². The van der Waals surface area contributed by atoms with Crippen LogP contribution in [0.15, 0.2) is 33.5 Å². The summed E-state index contributed by atoms with van der Waals surface area (Å²) in [4.78, 5) is 22.6. The second kappa shape index (κ2) is 4.29. The van der Waals surface area contributed by atoms with E-state index < -0.39 is 11.6 Å². The molecule has 5 heteroatoms. The van der Waals surface area contributed by atoms with Crippen LogP contribution in [0.5, 0.6) is 5.75 Å². The molecule has 1 heterocycles. The molecule has 5 nitrogen and oxygen atoms in total. The van der Waals surface area contributed by atoms with Crippen LogP contribution in [-0.4, -0.2) is 18.2 Å². The molecular formula is C12H10O5. The molecule has 0 fully saturated rings. The Morgan fingerprint density at radius 3 is 2.88 bits per heavy atom. The maximum Gasteiger partial charge on any atom is 0.340 e. The third kappa shape index (κ3) is 2.28. The number of fused-ring (bicyclic) bond motifs is 1. The van der Waals surface area contributed by atoms with Gasteiger partial charge in [0.05, 0.1) is 13.5 Å². The van der Waals surface area contributed by atoms with Gasteiger partial charge in [0.25, 0.3) is 0 Å². The molecule has 2 aromatic rings. The van der Waals surface area contributed by atoms with Crippen LogP contribution in [0.1, 0.15) is 5.56 Å². The largest absolute Gasteiger partial charge is 0.508 e. The molecule has 0 atom stereocenters. The van der Waals surface area contributed by atoms with Gasteiger partial charge in [-0.3, -0.25) is 4.79 Å². The lowest BCUT2D eigenvalue weighted by Gasteiger charge is -2.01. The van der Waals surface area contributed by atoms with Gasteiger partial charge >= 0.3 is 11.6 Å². The van der Waals surface area contributed by atoms with E-state index in [1.807, 2.05) is 0 Å². The number of carbonyl (C=O) groups is 1. The summed E-state index contributed by atoms with van der Waals surface area (Å²) in [5.41, 5.74) is -0.0906. The van der Waals surface area contributed by atoms with Gasteiger partial charge in [-0.1, -0.05) is 0 Å². The van der Waals surface area contributed by atoms with E-state index in [0.717, 1.165) is 0 Å². The van der Waals surface area contributed by atoms with Crippen LogP contribution in [0.2, 0.25) is 0 Å². The van der Waals surface area contributed by atoms with E-state index in [1.54, 1.807) is 12.1 Å². The molecule has 88 valence electrons. The molecule has 1 aromatic heterocycles. The standard InChI is InChI=1S/C12H10O5/c1-16-11(14)5-8-4-7-2-3-9(13)6-10(7)17-12(8)15/h2-4,6,13H,5H2,1H3. The van der Waals surface area contributed by atoms with Crippen molar-refractivity contribution in [1.82, 2.24) is 0 Å². The number of ether oxygens (including phenoxy) is 1. The number of carbonyl (C=O) groups excluding carboxylic acids is 1. The average Bonchev–Trinajstić information content (AvgIpc) is 2.30. The van der Waals surface area contributed by atoms with Crippen LogP contribution in [0, 0.1) is 0 Å². The number of esters is 1. The Kier molecular flexibility index (Phi) is 2.82. The molecule has 17 heavy (non-hydrogen) atoms. The highest BCUT2D eigenvalue weighted by atomic mass is 16.5. The van der Waals surface area contributed by atoms with Crippen molar-refractivity contribution in [3.8, 4) is 5.75 Å². The molecule has 1 N–H and O–H groups in total. The third-order valence-electron chi connectivity index (χ3n) is 2.35. The monoisotopic (exact) mass is 234 g/mol. The molecule has 0 saturated carbocycles.